The fraction of sp³-hybridized carbons (Fsp3) is 0.889. The first kappa shape index (κ1) is 8.05. The van der Waals surface area contributed by atoms with Gasteiger partial charge in [0, 0.05) is 19.4 Å². The van der Waals surface area contributed by atoms with E-state index in [1.54, 1.807) is 0 Å². The topological polar surface area (TPSA) is 35.5 Å². The van der Waals surface area contributed by atoms with E-state index in [-0.39, 0.29) is 11.6 Å². The minimum Gasteiger partial charge on any atom is -0.459 e. The molecule has 0 saturated carbocycles. The Hall–Kier alpha value is -0.570. The normalized spacial score (nSPS) is 36.5. The van der Waals surface area contributed by atoms with Crippen molar-refractivity contribution >= 4 is 5.97 Å². The molecule has 0 aromatic carbocycles. The van der Waals surface area contributed by atoms with Gasteiger partial charge in [-0.1, -0.05) is 0 Å². The van der Waals surface area contributed by atoms with Gasteiger partial charge in [0.05, 0.1) is 6.61 Å². The smallest absolute Gasteiger partial charge is 0.306 e. The molecule has 1 unspecified atom stereocenters. The highest BCUT2D eigenvalue weighted by molar-refractivity contribution is 5.72. The summed E-state index contributed by atoms with van der Waals surface area (Å²) in [6.07, 6.45) is 4.39. The van der Waals surface area contributed by atoms with Crippen LogP contribution in [0.4, 0.5) is 0 Å². The molecule has 2 aliphatic heterocycles. The maximum Gasteiger partial charge on any atom is 0.306 e. The Bertz CT molecular complexity index is 180. The van der Waals surface area contributed by atoms with Gasteiger partial charge in [-0.25, -0.2) is 0 Å². The van der Waals surface area contributed by atoms with Crippen LogP contribution in [-0.2, 0) is 14.3 Å². The first-order valence-corrected chi connectivity index (χ1v) is 4.60. The van der Waals surface area contributed by atoms with Crippen LogP contribution in [0, 0.1) is 0 Å². The van der Waals surface area contributed by atoms with Gasteiger partial charge in [0.1, 0.15) is 5.60 Å². The fourth-order valence-electron chi connectivity index (χ4n) is 2.01. The summed E-state index contributed by atoms with van der Waals surface area (Å²) in [5.41, 5.74) is -0.145. The lowest BCUT2D eigenvalue weighted by Gasteiger charge is -2.24. The van der Waals surface area contributed by atoms with Crippen LogP contribution in [0.1, 0.15) is 32.1 Å². The van der Waals surface area contributed by atoms with Crippen LogP contribution in [-0.4, -0.2) is 24.8 Å². The van der Waals surface area contributed by atoms with E-state index in [9.17, 15) is 4.79 Å². The van der Waals surface area contributed by atoms with Crippen LogP contribution in [0.25, 0.3) is 0 Å². The van der Waals surface area contributed by atoms with Gasteiger partial charge in [0.2, 0.25) is 0 Å². The molecule has 3 nitrogen and oxygen atoms in total. The lowest BCUT2D eigenvalue weighted by molar-refractivity contribution is -0.149. The number of ether oxygens (including phenoxy) is 2. The fourth-order valence-corrected chi connectivity index (χ4v) is 2.01. The van der Waals surface area contributed by atoms with Gasteiger partial charge in [-0.2, -0.15) is 0 Å². The van der Waals surface area contributed by atoms with Gasteiger partial charge in [-0.05, 0) is 19.3 Å². The molecule has 2 rings (SSSR count). The molecular formula is C9H14O3. The Kier molecular flexibility index (Phi) is 2.05. The molecule has 0 aromatic heterocycles. The molecule has 2 saturated heterocycles. The van der Waals surface area contributed by atoms with E-state index < -0.39 is 0 Å². The second-order valence-electron chi connectivity index (χ2n) is 3.62. The molecular weight excluding hydrogens is 156 g/mol. The van der Waals surface area contributed by atoms with Crippen molar-refractivity contribution in [1.29, 1.82) is 0 Å². The second-order valence-corrected chi connectivity index (χ2v) is 3.62. The van der Waals surface area contributed by atoms with Crippen LogP contribution in [0.5, 0.6) is 0 Å². The molecule has 68 valence electrons. The lowest BCUT2D eigenvalue weighted by Crippen LogP contribution is -2.28. The summed E-state index contributed by atoms with van der Waals surface area (Å²) < 4.78 is 10.7. The zero-order valence-electron chi connectivity index (χ0n) is 7.17. The summed E-state index contributed by atoms with van der Waals surface area (Å²) in [5, 5.41) is 0. The van der Waals surface area contributed by atoms with Gasteiger partial charge in [0.15, 0.2) is 0 Å². The molecule has 0 aromatic rings. The zero-order valence-corrected chi connectivity index (χ0v) is 7.17. The second kappa shape index (κ2) is 3.05. The van der Waals surface area contributed by atoms with Crippen molar-refractivity contribution < 1.29 is 14.3 Å². The highest BCUT2D eigenvalue weighted by atomic mass is 16.6. The molecule has 2 heterocycles. The van der Waals surface area contributed by atoms with Gasteiger partial charge in [-0.3, -0.25) is 4.79 Å². The lowest BCUT2D eigenvalue weighted by atomic mass is 9.92. The molecule has 0 aliphatic carbocycles. The van der Waals surface area contributed by atoms with E-state index in [0.29, 0.717) is 6.42 Å². The van der Waals surface area contributed by atoms with Gasteiger partial charge < -0.3 is 9.47 Å². The highest BCUT2D eigenvalue weighted by Crippen LogP contribution is 2.35. The molecule has 0 radical (unpaired) electrons. The third kappa shape index (κ3) is 1.46. The predicted octanol–water partition coefficient (Wildman–Crippen LogP) is 1.26. The zero-order chi connectivity index (χ0) is 8.44. The van der Waals surface area contributed by atoms with Crippen molar-refractivity contribution in [2.75, 3.05) is 13.2 Å². The molecule has 3 heteroatoms. The number of carbonyl (C=O) groups excluding carboxylic acids is 1. The van der Waals surface area contributed by atoms with Crippen LogP contribution >= 0.6 is 0 Å². The molecule has 1 atom stereocenters. The molecule has 0 N–H and O–H groups in total. The molecule has 0 bridgehead atoms. The van der Waals surface area contributed by atoms with Crippen LogP contribution in [0.15, 0.2) is 0 Å². The minimum absolute atomic E-state index is 0.0306. The summed E-state index contributed by atoms with van der Waals surface area (Å²) in [6, 6.07) is 0. The average molecular weight is 170 g/mol. The Morgan fingerprint density at radius 3 is 2.83 bits per heavy atom. The Morgan fingerprint density at radius 1 is 1.17 bits per heavy atom. The number of esters is 1. The Balaban J connectivity index is 2.03. The average Bonchev–Trinajstić information content (AvgIpc) is 2.30. The third-order valence-corrected chi connectivity index (χ3v) is 2.74. The maximum absolute atomic E-state index is 11.0. The first-order chi connectivity index (χ1) is 5.81. The van der Waals surface area contributed by atoms with E-state index in [0.717, 1.165) is 38.9 Å². The largest absolute Gasteiger partial charge is 0.459 e. The number of hydrogen-bond acceptors (Lipinski definition) is 3. The van der Waals surface area contributed by atoms with E-state index in [1.807, 2.05) is 0 Å². The van der Waals surface area contributed by atoms with E-state index >= 15 is 0 Å². The quantitative estimate of drug-likeness (QED) is 0.513. The predicted molar refractivity (Wildman–Crippen MR) is 42.7 cm³/mol. The van der Waals surface area contributed by atoms with Crippen molar-refractivity contribution in [2.24, 2.45) is 0 Å². The molecule has 2 fully saturated rings. The Labute approximate surface area is 72.0 Å². The van der Waals surface area contributed by atoms with Gasteiger partial charge in [0.25, 0.3) is 0 Å². The van der Waals surface area contributed by atoms with E-state index in [4.69, 9.17) is 9.47 Å². The Morgan fingerprint density at radius 2 is 2.08 bits per heavy atom. The van der Waals surface area contributed by atoms with E-state index in [2.05, 4.69) is 0 Å². The molecule has 0 amide bonds. The van der Waals surface area contributed by atoms with Crippen molar-refractivity contribution in [3.05, 3.63) is 0 Å². The van der Waals surface area contributed by atoms with E-state index in [1.165, 1.54) is 0 Å². The summed E-state index contributed by atoms with van der Waals surface area (Å²) in [6.45, 7) is 1.56. The van der Waals surface area contributed by atoms with Crippen LogP contribution < -0.4 is 0 Å². The SMILES string of the molecule is O=C1CCC2(CCCOCC2)O1. The van der Waals surface area contributed by atoms with Crippen molar-refractivity contribution in [1.82, 2.24) is 0 Å². The highest BCUT2D eigenvalue weighted by Gasteiger charge is 2.40. The monoisotopic (exact) mass is 170 g/mol. The molecule has 1 spiro atoms. The van der Waals surface area contributed by atoms with Gasteiger partial charge >= 0.3 is 5.97 Å². The summed E-state index contributed by atoms with van der Waals surface area (Å²) >= 11 is 0. The summed E-state index contributed by atoms with van der Waals surface area (Å²) in [4.78, 5) is 11.0. The van der Waals surface area contributed by atoms with Crippen LogP contribution in [0.3, 0.4) is 0 Å². The molecule has 12 heavy (non-hydrogen) atoms. The first-order valence-electron chi connectivity index (χ1n) is 4.60. The number of hydrogen-bond donors (Lipinski definition) is 0. The van der Waals surface area contributed by atoms with Crippen molar-refractivity contribution in [3.8, 4) is 0 Å². The maximum atomic E-state index is 11.0. The summed E-state index contributed by atoms with van der Waals surface area (Å²) in [5.74, 6) is -0.0306. The van der Waals surface area contributed by atoms with Gasteiger partial charge in [-0.15, -0.1) is 0 Å². The number of carbonyl (C=O) groups is 1. The third-order valence-electron chi connectivity index (χ3n) is 2.74. The van der Waals surface area contributed by atoms with Crippen molar-refractivity contribution in [2.45, 2.75) is 37.7 Å². The minimum atomic E-state index is -0.145. The molecule has 2 aliphatic rings. The summed E-state index contributed by atoms with van der Waals surface area (Å²) in [7, 11) is 0. The van der Waals surface area contributed by atoms with Crippen molar-refractivity contribution in [3.63, 3.8) is 0 Å². The standard InChI is InChI=1S/C9H14O3/c10-8-2-4-9(12-8)3-1-6-11-7-5-9/h1-7H2. The number of rotatable bonds is 0. The van der Waals surface area contributed by atoms with Crippen LogP contribution in [0.2, 0.25) is 0 Å².